The van der Waals surface area contributed by atoms with E-state index in [0.29, 0.717) is 12.2 Å². The summed E-state index contributed by atoms with van der Waals surface area (Å²) in [7, 11) is 0. The van der Waals surface area contributed by atoms with Crippen molar-refractivity contribution in [2.24, 2.45) is 11.8 Å². The molecule has 0 aromatic rings. The lowest BCUT2D eigenvalue weighted by molar-refractivity contribution is -0.142. The zero-order valence-corrected chi connectivity index (χ0v) is 14.9. The second-order valence-corrected chi connectivity index (χ2v) is 7.38. The zero-order chi connectivity index (χ0) is 17.4. The van der Waals surface area contributed by atoms with Crippen molar-refractivity contribution < 1.29 is 19.5 Å². The molecule has 0 radical (unpaired) electrons. The highest BCUT2D eigenvalue weighted by molar-refractivity contribution is 7.98. The SMILES string of the molecule is CSCCC(NC(=O)C(NC(=O)C1CCCC1)C(C)C)C(=O)O. The van der Waals surface area contributed by atoms with Crippen LogP contribution in [0.25, 0.3) is 0 Å². The second-order valence-electron chi connectivity index (χ2n) is 6.39. The molecule has 2 amide bonds. The summed E-state index contributed by atoms with van der Waals surface area (Å²) in [5.74, 6) is -1.02. The van der Waals surface area contributed by atoms with E-state index < -0.39 is 24.0 Å². The van der Waals surface area contributed by atoms with Gasteiger partial charge in [-0.3, -0.25) is 9.59 Å². The molecule has 0 aromatic heterocycles. The number of hydrogen-bond acceptors (Lipinski definition) is 4. The maximum atomic E-state index is 12.4. The predicted octanol–water partition coefficient (Wildman–Crippen LogP) is 1.64. The average Bonchev–Trinajstić information content (AvgIpc) is 3.02. The number of aliphatic carboxylic acids is 1. The van der Waals surface area contributed by atoms with Crippen LogP contribution in [-0.2, 0) is 14.4 Å². The number of carboxylic acids is 1. The van der Waals surface area contributed by atoms with Gasteiger partial charge in [0.25, 0.3) is 0 Å². The van der Waals surface area contributed by atoms with E-state index in [4.69, 9.17) is 0 Å². The fourth-order valence-electron chi connectivity index (χ4n) is 2.75. The summed E-state index contributed by atoms with van der Waals surface area (Å²) in [6.45, 7) is 3.69. The fourth-order valence-corrected chi connectivity index (χ4v) is 3.22. The van der Waals surface area contributed by atoms with Crippen molar-refractivity contribution in [3.8, 4) is 0 Å². The van der Waals surface area contributed by atoms with Crippen LogP contribution in [0.3, 0.4) is 0 Å². The van der Waals surface area contributed by atoms with Crippen molar-refractivity contribution in [2.45, 2.75) is 58.0 Å². The Hall–Kier alpha value is -1.24. The van der Waals surface area contributed by atoms with E-state index >= 15 is 0 Å². The minimum absolute atomic E-state index is 0.0178. The van der Waals surface area contributed by atoms with E-state index in [1.54, 1.807) is 0 Å². The van der Waals surface area contributed by atoms with E-state index in [2.05, 4.69) is 10.6 Å². The predicted molar refractivity (Wildman–Crippen MR) is 91.3 cm³/mol. The number of thioether (sulfide) groups is 1. The second kappa shape index (κ2) is 9.80. The number of rotatable bonds is 9. The zero-order valence-electron chi connectivity index (χ0n) is 14.1. The molecule has 0 heterocycles. The van der Waals surface area contributed by atoms with Crippen molar-refractivity contribution in [2.75, 3.05) is 12.0 Å². The Morgan fingerprint density at radius 1 is 1.17 bits per heavy atom. The molecule has 23 heavy (non-hydrogen) atoms. The van der Waals surface area contributed by atoms with E-state index in [9.17, 15) is 19.5 Å². The molecule has 1 aliphatic rings. The summed E-state index contributed by atoms with van der Waals surface area (Å²) in [5.41, 5.74) is 0. The first-order valence-electron chi connectivity index (χ1n) is 8.19. The summed E-state index contributed by atoms with van der Waals surface area (Å²) in [4.78, 5) is 35.9. The largest absolute Gasteiger partial charge is 0.480 e. The van der Waals surface area contributed by atoms with Gasteiger partial charge in [0.2, 0.25) is 11.8 Å². The monoisotopic (exact) mass is 344 g/mol. The van der Waals surface area contributed by atoms with Crippen LogP contribution in [0.5, 0.6) is 0 Å². The molecular formula is C16H28N2O4S. The molecule has 2 atom stereocenters. The lowest BCUT2D eigenvalue weighted by Gasteiger charge is -2.25. The lowest BCUT2D eigenvalue weighted by atomic mass is 10.0. The average molecular weight is 344 g/mol. The molecule has 132 valence electrons. The van der Waals surface area contributed by atoms with Crippen molar-refractivity contribution in [3.05, 3.63) is 0 Å². The van der Waals surface area contributed by atoms with Gasteiger partial charge >= 0.3 is 5.97 Å². The van der Waals surface area contributed by atoms with Crippen LogP contribution in [-0.4, -0.2) is 47.0 Å². The summed E-state index contributed by atoms with van der Waals surface area (Å²) in [6, 6.07) is -1.61. The molecule has 0 saturated heterocycles. The van der Waals surface area contributed by atoms with Gasteiger partial charge in [-0.2, -0.15) is 11.8 Å². The van der Waals surface area contributed by atoms with Crippen LogP contribution in [0.2, 0.25) is 0 Å². The fraction of sp³-hybridized carbons (Fsp3) is 0.812. The van der Waals surface area contributed by atoms with Gasteiger partial charge < -0.3 is 15.7 Å². The Labute approximate surface area is 142 Å². The number of amides is 2. The molecule has 1 rings (SSSR count). The maximum absolute atomic E-state index is 12.4. The van der Waals surface area contributed by atoms with E-state index in [-0.39, 0.29) is 17.7 Å². The van der Waals surface area contributed by atoms with Crippen molar-refractivity contribution in [1.82, 2.24) is 10.6 Å². The topological polar surface area (TPSA) is 95.5 Å². The number of hydrogen-bond donors (Lipinski definition) is 3. The highest BCUT2D eigenvalue weighted by Crippen LogP contribution is 2.25. The molecule has 0 aromatic carbocycles. The first-order chi connectivity index (χ1) is 10.9. The van der Waals surface area contributed by atoms with Gasteiger partial charge in [0.05, 0.1) is 0 Å². The molecule has 6 nitrogen and oxygen atoms in total. The molecule has 1 saturated carbocycles. The number of carboxylic acid groups (broad SMARTS) is 1. The Bertz CT molecular complexity index is 422. The third kappa shape index (κ3) is 6.41. The van der Waals surface area contributed by atoms with Crippen LogP contribution in [0, 0.1) is 11.8 Å². The molecular weight excluding hydrogens is 316 g/mol. The number of carbonyl (C=O) groups is 3. The van der Waals surface area contributed by atoms with E-state index in [1.807, 2.05) is 20.1 Å². The summed E-state index contributed by atoms with van der Waals surface area (Å²) in [6.07, 6.45) is 6.08. The summed E-state index contributed by atoms with van der Waals surface area (Å²) < 4.78 is 0. The van der Waals surface area contributed by atoms with Gasteiger partial charge in [-0.25, -0.2) is 4.79 Å². The molecule has 0 bridgehead atoms. The summed E-state index contributed by atoms with van der Waals surface area (Å²) >= 11 is 1.53. The quantitative estimate of drug-likeness (QED) is 0.591. The van der Waals surface area contributed by atoms with Crippen LogP contribution in [0.4, 0.5) is 0 Å². The molecule has 0 spiro atoms. The first kappa shape index (κ1) is 19.8. The number of carbonyl (C=O) groups excluding carboxylic acids is 2. The lowest BCUT2D eigenvalue weighted by Crippen LogP contribution is -2.54. The van der Waals surface area contributed by atoms with Crippen molar-refractivity contribution in [3.63, 3.8) is 0 Å². The van der Waals surface area contributed by atoms with Gasteiger partial charge in [-0.15, -0.1) is 0 Å². The van der Waals surface area contributed by atoms with Crippen LogP contribution in [0.1, 0.15) is 46.0 Å². The van der Waals surface area contributed by atoms with Gasteiger partial charge in [0.1, 0.15) is 12.1 Å². The standard InChI is InChI=1S/C16H28N2O4S/c1-10(2)13(18-14(19)11-6-4-5-7-11)15(20)17-12(16(21)22)8-9-23-3/h10-13H,4-9H2,1-3H3,(H,17,20)(H,18,19)(H,21,22). The Kier molecular flexibility index (Phi) is 8.44. The Balaban J connectivity index is 2.65. The molecule has 7 heteroatoms. The highest BCUT2D eigenvalue weighted by atomic mass is 32.2. The van der Waals surface area contributed by atoms with Gasteiger partial charge in [0.15, 0.2) is 0 Å². The van der Waals surface area contributed by atoms with Crippen LogP contribution < -0.4 is 10.6 Å². The molecule has 3 N–H and O–H groups in total. The number of nitrogens with one attached hydrogen (secondary N) is 2. The van der Waals surface area contributed by atoms with Crippen LogP contribution >= 0.6 is 11.8 Å². The smallest absolute Gasteiger partial charge is 0.326 e. The molecule has 1 fully saturated rings. The van der Waals surface area contributed by atoms with Gasteiger partial charge in [-0.05, 0) is 37.2 Å². The Morgan fingerprint density at radius 2 is 1.78 bits per heavy atom. The summed E-state index contributed by atoms with van der Waals surface area (Å²) in [5, 5.41) is 14.6. The third-order valence-corrected chi connectivity index (χ3v) is 4.84. The highest BCUT2D eigenvalue weighted by Gasteiger charge is 2.31. The minimum atomic E-state index is -1.04. The molecule has 0 aliphatic heterocycles. The van der Waals surface area contributed by atoms with Gasteiger partial charge in [0, 0.05) is 5.92 Å². The van der Waals surface area contributed by atoms with E-state index in [0.717, 1.165) is 25.7 Å². The molecule has 1 aliphatic carbocycles. The Morgan fingerprint density at radius 3 is 2.26 bits per heavy atom. The minimum Gasteiger partial charge on any atom is -0.480 e. The van der Waals surface area contributed by atoms with Crippen molar-refractivity contribution >= 4 is 29.5 Å². The van der Waals surface area contributed by atoms with Gasteiger partial charge in [-0.1, -0.05) is 26.7 Å². The van der Waals surface area contributed by atoms with E-state index in [1.165, 1.54) is 11.8 Å². The molecule has 2 unspecified atom stereocenters. The first-order valence-corrected chi connectivity index (χ1v) is 9.58. The van der Waals surface area contributed by atoms with Crippen molar-refractivity contribution in [1.29, 1.82) is 0 Å². The van der Waals surface area contributed by atoms with Crippen LogP contribution in [0.15, 0.2) is 0 Å². The maximum Gasteiger partial charge on any atom is 0.326 e. The third-order valence-electron chi connectivity index (χ3n) is 4.20. The normalized spacial score (nSPS) is 17.7.